The largest absolute Gasteiger partial charge is 0.396 e. The lowest BCUT2D eigenvalue weighted by atomic mass is 9.95. The molecule has 3 rings (SSSR count). The first-order chi connectivity index (χ1) is 12.2. The number of nitrogens with one attached hydrogen (secondary N) is 3. The van der Waals surface area contributed by atoms with E-state index in [1.54, 1.807) is 6.07 Å². The summed E-state index contributed by atoms with van der Waals surface area (Å²) >= 11 is 0. The Hall–Kier alpha value is -2.34. The summed E-state index contributed by atoms with van der Waals surface area (Å²) in [4.78, 5) is 27.4. The van der Waals surface area contributed by atoms with Crippen LogP contribution in [0.2, 0.25) is 0 Å². The van der Waals surface area contributed by atoms with E-state index in [1.165, 1.54) is 0 Å². The maximum absolute atomic E-state index is 12.2. The zero-order valence-electron chi connectivity index (χ0n) is 14.3. The summed E-state index contributed by atoms with van der Waals surface area (Å²) in [5, 5.41) is 16.1. The van der Waals surface area contributed by atoms with Gasteiger partial charge in [0.1, 0.15) is 5.69 Å². The average Bonchev–Trinajstić information content (AvgIpc) is 2.94. The maximum Gasteiger partial charge on any atom is 0.268 e. The number of H-pyrrole nitrogens is 1. The van der Waals surface area contributed by atoms with Gasteiger partial charge in [-0.15, -0.1) is 0 Å². The first-order valence-electron chi connectivity index (χ1n) is 8.93. The van der Waals surface area contributed by atoms with Crippen LogP contribution < -0.4 is 10.6 Å². The van der Waals surface area contributed by atoms with Crippen LogP contribution in [0.15, 0.2) is 30.3 Å². The number of aromatic amines is 1. The number of aliphatic hydroxyl groups excluding tert-OH is 1. The molecule has 1 saturated carbocycles. The van der Waals surface area contributed by atoms with Gasteiger partial charge in [-0.3, -0.25) is 9.59 Å². The van der Waals surface area contributed by atoms with Crippen molar-refractivity contribution in [3.8, 4) is 0 Å². The van der Waals surface area contributed by atoms with Gasteiger partial charge in [0.25, 0.3) is 5.91 Å². The smallest absolute Gasteiger partial charge is 0.268 e. The number of hydrogen-bond donors (Lipinski definition) is 4. The van der Waals surface area contributed by atoms with Crippen molar-refractivity contribution in [1.82, 2.24) is 15.6 Å². The molecule has 0 spiro atoms. The molecule has 0 saturated heterocycles. The Morgan fingerprint density at radius 2 is 1.96 bits per heavy atom. The maximum atomic E-state index is 12.2. The third-order valence-electron chi connectivity index (χ3n) is 4.92. The Bertz CT molecular complexity index is 707. The molecule has 134 valence electrons. The number of para-hydroxylation sites is 1. The number of aliphatic hydroxyl groups is 1. The molecule has 1 heterocycles. The molecule has 6 nitrogen and oxygen atoms in total. The molecule has 1 aliphatic rings. The van der Waals surface area contributed by atoms with Crippen LogP contribution in [0.5, 0.6) is 0 Å². The molecular formula is C19H25N3O3. The second-order valence-corrected chi connectivity index (χ2v) is 6.71. The molecule has 2 aromatic rings. The van der Waals surface area contributed by atoms with Crippen LogP contribution in [0.4, 0.5) is 0 Å². The molecule has 0 aliphatic heterocycles. The van der Waals surface area contributed by atoms with Gasteiger partial charge >= 0.3 is 0 Å². The predicted molar refractivity (Wildman–Crippen MR) is 96.2 cm³/mol. The van der Waals surface area contributed by atoms with Crippen LogP contribution in [-0.2, 0) is 4.79 Å². The van der Waals surface area contributed by atoms with Gasteiger partial charge in [0.15, 0.2) is 0 Å². The van der Waals surface area contributed by atoms with Crippen LogP contribution in [0, 0.1) is 5.92 Å². The number of amides is 2. The Morgan fingerprint density at radius 1 is 1.16 bits per heavy atom. The zero-order chi connectivity index (χ0) is 17.6. The van der Waals surface area contributed by atoms with Gasteiger partial charge in [-0.05, 0) is 25.0 Å². The second kappa shape index (κ2) is 8.16. The minimum absolute atomic E-state index is 0.00928. The summed E-state index contributed by atoms with van der Waals surface area (Å²) in [7, 11) is 0. The van der Waals surface area contributed by atoms with Crippen LogP contribution in [0.3, 0.4) is 0 Å². The third kappa shape index (κ3) is 4.39. The van der Waals surface area contributed by atoms with Gasteiger partial charge < -0.3 is 20.7 Å². The van der Waals surface area contributed by atoms with E-state index in [-0.39, 0.29) is 36.9 Å². The molecule has 0 radical (unpaired) electrons. The number of aromatic nitrogens is 1. The highest BCUT2D eigenvalue weighted by molar-refractivity contribution is 5.99. The van der Waals surface area contributed by atoms with Crippen molar-refractivity contribution >= 4 is 22.7 Å². The van der Waals surface area contributed by atoms with Crippen molar-refractivity contribution < 1.29 is 14.7 Å². The van der Waals surface area contributed by atoms with Gasteiger partial charge in [-0.25, -0.2) is 0 Å². The van der Waals surface area contributed by atoms with Crippen molar-refractivity contribution in [2.75, 3.05) is 13.2 Å². The molecule has 4 N–H and O–H groups in total. The third-order valence-corrected chi connectivity index (χ3v) is 4.92. The Labute approximate surface area is 147 Å². The highest BCUT2D eigenvalue weighted by atomic mass is 16.3. The number of benzene rings is 1. The fourth-order valence-electron chi connectivity index (χ4n) is 3.50. The highest BCUT2D eigenvalue weighted by Gasteiger charge is 2.24. The van der Waals surface area contributed by atoms with Crippen molar-refractivity contribution in [3.63, 3.8) is 0 Å². The number of rotatable bonds is 5. The van der Waals surface area contributed by atoms with Crippen LogP contribution in [-0.4, -0.2) is 41.1 Å². The predicted octanol–water partition coefficient (Wildman–Crippen LogP) is 1.96. The summed E-state index contributed by atoms with van der Waals surface area (Å²) in [6.07, 6.45) is 5.10. The lowest BCUT2D eigenvalue weighted by Crippen LogP contribution is -2.45. The number of hydrogen-bond acceptors (Lipinski definition) is 3. The van der Waals surface area contributed by atoms with E-state index >= 15 is 0 Å². The minimum atomic E-state index is -0.300. The minimum Gasteiger partial charge on any atom is -0.396 e. The molecule has 1 aromatic carbocycles. The first-order valence-corrected chi connectivity index (χ1v) is 8.93. The summed E-state index contributed by atoms with van der Waals surface area (Å²) < 4.78 is 0. The van der Waals surface area contributed by atoms with E-state index in [0.29, 0.717) is 5.69 Å². The molecule has 2 atom stereocenters. The fourth-order valence-corrected chi connectivity index (χ4v) is 3.50. The van der Waals surface area contributed by atoms with Crippen molar-refractivity contribution in [3.05, 3.63) is 36.0 Å². The zero-order valence-corrected chi connectivity index (χ0v) is 14.3. The molecule has 6 heteroatoms. The van der Waals surface area contributed by atoms with E-state index in [4.69, 9.17) is 0 Å². The summed E-state index contributed by atoms with van der Waals surface area (Å²) in [5.74, 6) is -0.406. The number of fused-ring (bicyclic) bond motifs is 1. The van der Waals surface area contributed by atoms with E-state index in [1.807, 2.05) is 24.3 Å². The molecule has 1 fully saturated rings. The van der Waals surface area contributed by atoms with Crippen molar-refractivity contribution in [2.45, 2.75) is 38.1 Å². The van der Waals surface area contributed by atoms with Crippen LogP contribution in [0.1, 0.15) is 42.6 Å². The van der Waals surface area contributed by atoms with E-state index < -0.39 is 0 Å². The summed E-state index contributed by atoms with van der Waals surface area (Å²) in [6.45, 7) is 0.0230. The Morgan fingerprint density at radius 3 is 2.76 bits per heavy atom. The van der Waals surface area contributed by atoms with E-state index in [0.717, 1.165) is 43.0 Å². The molecule has 25 heavy (non-hydrogen) atoms. The standard InChI is InChI=1S/C19H25N3O3/c23-12-14-7-2-1-3-8-16(14)22-18(24)11-20-19(25)17-10-13-6-4-5-9-15(13)21-17/h4-6,9-10,14,16,21,23H,1-3,7-8,11-12H2,(H,20,25)(H,22,24). The lowest BCUT2D eigenvalue weighted by molar-refractivity contribution is -0.121. The van der Waals surface area contributed by atoms with Crippen molar-refractivity contribution in [1.29, 1.82) is 0 Å². The average molecular weight is 343 g/mol. The highest BCUT2D eigenvalue weighted by Crippen LogP contribution is 2.23. The summed E-state index contributed by atoms with van der Waals surface area (Å²) in [5.41, 5.74) is 1.33. The molecule has 1 aliphatic carbocycles. The van der Waals surface area contributed by atoms with E-state index in [2.05, 4.69) is 15.6 Å². The molecule has 1 aromatic heterocycles. The van der Waals surface area contributed by atoms with Crippen LogP contribution >= 0.6 is 0 Å². The van der Waals surface area contributed by atoms with Gasteiger partial charge in [0, 0.05) is 29.5 Å². The van der Waals surface area contributed by atoms with Crippen molar-refractivity contribution in [2.24, 2.45) is 5.92 Å². The van der Waals surface area contributed by atoms with E-state index in [9.17, 15) is 14.7 Å². The Balaban J connectivity index is 1.53. The van der Waals surface area contributed by atoms with Gasteiger partial charge in [-0.1, -0.05) is 37.5 Å². The quantitative estimate of drug-likeness (QED) is 0.625. The first kappa shape index (κ1) is 17.5. The lowest BCUT2D eigenvalue weighted by Gasteiger charge is -2.24. The monoisotopic (exact) mass is 343 g/mol. The molecule has 2 amide bonds. The van der Waals surface area contributed by atoms with Gasteiger partial charge in [-0.2, -0.15) is 0 Å². The number of carbonyl (C=O) groups is 2. The topological polar surface area (TPSA) is 94.2 Å². The van der Waals surface area contributed by atoms with Crippen LogP contribution in [0.25, 0.3) is 10.9 Å². The molecular weight excluding hydrogens is 318 g/mol. The Kier molecular flexibility index (Phi) is 5.71. The van der Waals surface area contributed by atoms with Gasteiger partial charge in [0.05, 0.1) is 6.54 Å². The second-order valence-electron chi connectivity index (χ2n) is 6.71. The fraction of sp³-hybridized carbons (Fsp3) is 0.474. The SMILES string of the molecule is O=C(CNC(=O)c1cc2ccccc2[nH]1)NC1CCCCCC1CO. The summed E-state index contributed by atoms with van der Waals surface area (Å²) in [6, 6.07) is 9.41. The number of carbonyl (C=O) groups excluding carboxylic acids is 2. The normalized spacial score (nSPS) is 20.8. The van der Waals surface area contributed by atoms with Gasteiger partial charge in [0.2, 0.25) is 5.91 Å². The molecule has 2 unspecified atom stereocenters. The molecule has 0 bridgehead atoms.